The molecule has 1 aliphatic heterocycles. The number of carbonyl (C=O) groups is 4. The monoisotopic (exact) mass is 592 g/mol. The predicted molar refractivity (Wildman–Crippen MR) is 150 cm³/mol. The van der Waals surface area contributed by atoms with Gasteiger partial charge in [0.05, 0.1) is 6.61 Å². The number of benzene rings is 1. The van der Waals surface area contributed by atoms with Gasteiger partial charge in [0, 0.05) is 32.7 Å². The van der Waals surface area contributed by atoms with Crippen molar-refractivity contribution < 1.29 is 47.6 Å². The first-order chi connectivity index (χ1) is 19.3. The van der Waals surface area contributed by atoms with Crippen molar-refractivity contribution in [1.29, 1.82) is 0 Å². The van der Waals surface area contributed by atoms with Gasteiger partial charge in [0.15, 0.2) is 18.3 Å². The van der Waals surface area contributed by atoms with Crippen LogP contribution in [0.2, 0.25) is 0 Å². The van der Waals surface area contributed by atoms with Gasteiger partial charge in [-0.2, -0.15) is 0 Å². The second kappa shape index (κ2) is 16.0. The van der Waals surface area contributed by atoms with E-state index in [1.807, 2.05) is 38.1 Å². The number of esters is 4. The van der Waals surface area contributed by atoms with E-state index in [1.54, 1.807) is 12.2 Å². The molecule has 1 heterocycles. The minimum absolute atomic E-state index is 0.314. The van der Waals surface area contributed by atoms with E-state index >= 15 is 0 Å². The quantitative estimate of drug-likeness (QED) is 0.196. The Kier molecular flexibility index (Phi) is 13.1. The van der Waals surface area contributed by atoms with Crippen LogP contribution in [-0.4, -0.2) is 67.6 Å². The van der Waals surface area contributed by atoms with Gasteiger partial charge in [-0.25, -0.2) is 0 Å². The van der Waals surface area contributed by atoms with Gasteiger partial charge in [-0.15, -0.1) is 0 Å². The third kappa shape index (κ3) is 10.7. The molecule has 0 aliphatic carbocycles. The zero-order valence-corrected chi connectivity index (χ0v) is 24.9. The van der Waals surface area contributed by atoms with E-state index < -0.39 is 54.4 Å². The number of hydrogen-bond donors (Lipinski definition) is 0. The molecule has 0 spiro atoms. The number of carbonyl (C=O) groups excluding carboxylic acids is 4. The Morgan fingerprint density at radius 2 is 1.41 bits per heavy atom. The number of ether oxygens (including phenoxy) is 6. The van der Waals surface area contributed by atoms with Crippen LogP contribution >= 0.6 is 11.6 Å². The average Bonchev–Trinajstić information content (AvgIpc) is 2.88. The van der Waals surface area contributed by atoms with Gasteiger partial charge in [0.2, 0.25) is 0 Å². The fraction of sp³-hybridized carbons (Fsp3) is 0.467. The molecular formula is C30H37ClO10. The lowest BCUT2D eigenvalue weighted by Gasteiger charge is -2.44. The second-order valence-corrected chi connectivity index (χ2v) is 9.82. The lowest BCUT2D eigenvalue weighted by Crippen LogP contribution is -2.62. The molecule has 1 aliphatic rings. The summed E-state index contributed by atoms with van der Waals surface area (Å²) in [4.78, 5) is 47.5. The third-order valence-electron chi connectivity index (χ3n) is 5.91. The van der Waals surface area contributed by atoms with Crippen LogP contribution in [0, 0.1) is 0 Å². The molecule has 0 radical (unpaired) electrons. The molecule has 0 unspecified atom stereocenters. The van der Waals surface area contributed by atoms with Crippen molar-refractivity contribution in [3.63, 3.8) is 0 Å². The van der Waals surface area contributed by atoms with Gasteiger partial charge in [-0.1, -0.05) is 42.0 Å². The summed E-state index contributed by atoms with van der Waals surface area (Å²) in [6, 6.07) is 7.70. The zero-order chi connectivity index (χ0) is 30.7. The second-order valence-electron chi connectivity index (χ2n) is 9.41. The maximum absolute atomic E-state index is 12.0. The highest BCUT2D eigenvalue weighted by molar-refractivity contribution is 6.31. The standard InChI is InChI=1S/C30H37ClO10/c1-8-36-24-12-10-23(11-13-24)15-18(3)25(31)14-9-17(2)27-29(39-21(6)34)30(40-22(7)35)28(38-20(5)33)26(41-27)16-37-19(4)32/h9-14,26-30H,2,8,15-16H2,1,3-7H3/b14-9-,25-18-/t26-,27+,28-,29+,30+/m1/s1. The van der Waals surface area contributed by atoms with Crippen molar-refractivity contribution in [3.05, 3.63) is 64.7 Å². The summed E-state index contributed by atoms with van der Waals surface area (Å²) in [5.41, 5.74) is 2.23. The Morgan fingerprint density at radius 3 is 1.95 bits per heavy atom. The van der Waals surface area contributed by atoms with E-state index in [1.165, 1.54) is 13.8 Å². The summed E-state index contributed by atoms with van der Waals surface area (Å²) in [6.07, 6.45) is -2.10. The lowest BCUT2D eigenvalue weighted by molar-refractivity contribution is -0.245. The average molecular weight is 593 g/mol. The van der Waals surface area contributed by atoms with Gasteiger partial charge in [0.25, 0.3) is 0 Å². The van der Waals surface area contributed by atoms with E-state index in [0.717, 1.165) is 30.7 Å². The Bertz CT molecular complexity index is 1170. The fourth-order valence-corrected chi connectivity index (χ4v) is 4.33. The maximum Gasteiger partial charge on any atom is 0.303 e. The summed E-state index contributed by atoms with van der Waals surface area (Å²) in [5.74, 6) is -1.93. The molecule has 5 atom stereocenters. The normalized spacial score (nSPS) is 22.8. The fourth-order valence-electron chi connectivity index (χ4n) is 4.20. The number of hydrogen-bond acceptors (Lipinski definition) is 10. The van der Waals surface area contributed by atoms with Gasteiger partial charge in [-0.3, -0.25) is 19.2 Å². The number of halogens is 1. The van der Waals surface area contributed by atoms with E-state index in [-0.39, 0.29) is 6.61 Å². The number of allylic oxidation sites excluding steroid dienone is 3. The SMILES string of the molecule is C=C(/C=C\C(Cl)=C(/C)Cc1ccc(OCC)cc1)[C@@H]1O[C@H](COC(C)=O)[C@@H](OC(C)=O)[C@H](OC(C)=O)[C@H]1OC(C)=O. The van der Waals surface area contributed by atoms with Gasteiger partial charge >= 0.3 is 23.9 Å². The molecule has 1 aromatic rings. The molecule has 0 amide bonds. The minimum atomic E-state index is -1.28. The molecule has 0 aromatic heterocycles. The minimum Gasteiger partial charge on any atom is -0.494 e. The Morgan fingerprint density at radius 1 is 0.854 bits per heavy atom. The molecule has 41 heavy (non-hydrogen) atoms. The van der Waals surface area contributed by atoms with Crippen molar-refractivity contribution in [3.8, 4) is 5.75 Å². The first kappa shape index (κ1) is 33.6. The molecule has 10 nitrogen and oxygen atoms in total. The lowest BCUT2D eigenvalue weighted by atomic mass is 9.90. The van der Waals surface area contributed by atoms with Crippen molar-refractivity contribution in [2.45, 2.75) is 78.5 Å². The van der Waals surface area contributed by atoms with E-state index in [0.29, 0.717) is 23.6 Å². The summed E-state index contributed by atoms with van der Waals surface area (Å²) in [7, 11) is 0. The van der Waals surface area contributed by atoms with Crippen LogP contribution < -0.4 is 4.74 Å². The van der Waals surface area contributed by atoms with Crippen molar-refractivity contribution in [2.24, 2.45) is 0 Å². The molecule has 2 rings (SSSR count). The van der Waals surface area contributed by atoms with Crippen LogP contribution in [0.5, 0.6) is 5.75 Å². The van der Waals surface area contributed by atoms with Crippen LogP contribution in [0.15, 0.2) is 59.2 Å². The molecule has 0 bridgehead atoms. The smallest absolute Gasteiger partial charge is 0.303 e. The van der Waals surface area contributed by atoms with Crippen molar-refractivity contribution >= 4 is 35.5 Å². The highest BCUT2D eigenvalue weighted by atomic mass is 35.5. The van der Waals surface area contributed by atoms with Crippen LogP contribution in [0.25, 0.3) is 0 Å². The molecular weight excluding hydrogens is 556 g/mol. The van der Waals surface area contributed by atoms with Crippen LogP contribution in [0.3, 0.4) is 0 Å². The van der Waals surface area contributed by atoms with E-state index in [9.17, 15) is 19.2 Å². The topological polar surface area (TPSA) is 124 Å². The van der Waals surface area contributed by atoms with Gasteiger partial charge < -0.3 is 28.4 Å². The molecule has 11 heteroatoms. The molecule has 1 saturated heterocycles. The van der Waals surface area contributed by atoms with Crippen LogP contribution in [0.1, 0.15) is 47.1 Å². The first-order valence-corrected chi connectivity index (χ1v) is 13.4. The first-order valence-electron chi connectivity index (χ1n) is 13.1. The summed E-state index contributed by atoms with van der Waals surface area (Å²) >= 11 is 6.57. The summed E-state index contributed by atoms with van der Waals surface area (Å²) in [6.45, 7) is 12.8. The predicted octanol–water partition coefficient (Wildman–Crippen LogP) is 4.38. The van der Waals surface area contributed by atoms with Gasteiger partial charge in [-0.05, 0) is 49.6 Å². The van der Waals surface area contributed by atoms with Crippen LogP contribution in [-0.2, 0) is 49.3 Å². The maximum atomic E-state index is 12.0. The highest BCUT2D eigenvalue weighted by Crippen LogP contribution is 2.33. The summed E-state index contributed by atoms with van der Waals surface area (Å²) < 4.78 is 33.1. The largest absolute Gasteiger partial charge is 0.494 e. The van der Waals surface area contributed by atoms with E-state index in [2.05, 4.69) is 6.58 Å². The Hall–Kier alpha value is -3.63. The third-order valence-corrected chi connectivity index (χ3v) is 6.36. The molecule has 1 fully saturated rings. The molecule has 0 N–H and O–H groups in total. The van der Waals surface area contributed by atoms with Gasteiger partial charge in [0.1, 0.15) is 24.6 Å². The van der Waals surface area contributed by atoms with Crippen molar-refractivity contribution in [1.82, 2.24) is 0 Å². The van der Waals surface area contributed by atoms with Crippen molar-refractivity contribution in [2.75, 3.05) is 13.2 Å². The Labute approximate surface area is 245 Å². The summed E-state index contributed by atoms with van der Waals surface area (Å²) in [5, 5.41) is 0.450. The zero-order valence-electron chi connectivity index (χ0n) is 24.1. The highest BCUT2D eigenvalue weighted by Gasteiger charge is 2.52. The number of rotatable bonds is 12. The van der Waals surface area contributed by atoms with E-state index in [4.69, 9.17) is 40.0 Å². The molecule has 1 aromatic carbocycles. The van der Waals surface area contributed by atoms with Crippen LogP contribution in [0.4, 0.5) is 0 Å². The molecule has 0 saturated carbocycles. The molecule has 224 valence electrons. The Balaban J connectivity index is 2.36.